The normalized spacial score (nSPS) is 24.0. The fraction of sp³-hybridized carbons (Fsp3) is 0.640. The predicted octanol–water partition coefficient (Wildman–Crippen LogP) is 5.19. The molecule has 0 saturated heterocycles. The number of methoxy groups -OCH3 is 1. The van der Waals surface area contributed by atoms with Gasteiger partial charge < -0.3 is 14.7 Å². The molecular formula is C25H39N3O2. The van der Waals surface area contributed by atoms with E-state index in [4.69, 9.17) is 9.84 Å². The van der Waals surface area contributed by atoms with Gasteiger partial charge in [-0.05, 0) is 31.4 Å². The summed E-state index contributed by atoms with van der Waals surface area (Å²) in [6, 6.07) is 6.16. The van der Waals surface area contributed by atoms with Gasteiger partial charge in [0.05, 0.1) is 11.8 Å². The molecule has 0 amide bonds. The molecule has 1 aromatic carbocycles. The van der Waals surface area contributed by atoms with Crippen molar-refractivity contribution in [3.05, 3.63) is 41.2 Å². The fourth-order valence-corrected chi connectivity index (χ4v) is 5.34. The number of anilines is 1. The Hall–Kier alpha value is -2.01. The number of rotatable bonds is 7. The van der Waals surface area contributed by atoms with E-state index in [2.05, 4.69) is 64.8 Å². The van der Waals surface area contributed by atoms with E-state index in [1.807, 2.05) is 17.8 Å². The van der Waals surface area contributed by atoms with Crippen molar-refractivity contribution in [3.63, 3.8) is 0 Å². The van der Waals surface area contributed by atoms with Crippen molar-refractivity contribution in [2.24, 2.45) is 13.0 Å². The third kappa shape index (κ3) is 3.84. The molecule has 0 spiro atoms. The quantitative estimate of drug-likeness (QED) is 0.678. The molecule has 2 aromatic rings. The summed E-state index contributed by atoms with van der Waals surface area (Å²) < 4.78 is 7.98. The lowest BCUT2D eigenvalue weighted by atomic mass is 9.56. The van der Waals surface area contributed by atoms with Gasteiger partial charge in [-0.3, -0.25) is 4.68 Å². The average molecular weight is 414 g/mol. The summed E-state index contributed by atoms with van der Waals surface area (Å²) in [6.07, 6.45) is 3.23. The first-order valence-corrected chi connectivity index (χ1v) is 11.3. The maximum atomic E-state index is 10.9. The van der Waals surface area contributed by atoms with Gasteiger partial charge in [0.2, 0.25) is 0 Å². The molecule has 0 radical (unpaired) electrons. The third-order valence-corrected chi connectivity index (χ3v) is 6.80. The molecule has 0 bridgehead atoms. The van der Waals surface area contributed by atoms with Crippen LogP contribution in [0.2, 0.25) is 0 Å². The zero-order valence-corrected chi connectivity index (χ0v) is 19.9. The molecule has 166 valence electrons. The van der Waals surface area contributed by atoms with Crippen molar-refractivity contribution in [2.45, 2.75) is 71.3 Å². The SMILES string of the molecule is CCC1C(c2ccc(N(CC)CC)cc2O)C(OC)C1c1cn(C)nc1C(C)(C)C. The Kier molecular flexibility index (Phi) is 6.51. The second-order valence-electron chi connectivity index (χ2n) is 9.60. The molecular weight excluding hydrogens is 374 g/mol. The van der Waals surface area contributed by atoms with Crippen LogP contribution >= 0.6 is 0 Å². The molecule has 1 aliphatic carbocycles. The maximum Gasteiger partial charge on any atom is 0.121 e. The molecule has 1 N–H and O–H groups in total. The monoisotopic (exact) mass is 413 g/mol. The number of nitrogens with zero attached hydrogens (tertiary/aromatic N) is 3. The number of aromatic hydroxyl groups is 1. The molecule has 1 aliphatic rings. The van der Waals surface area contributed by atoms with Crippen molar-refractivity contribution >= 4 is 5.69 Å². The Morgan fingerprint density at radius 3 is 2.23 bits per heavy atom. The summed E-state index contributed by atoms with van der Waals surface area (Å²) in [5.41, 5.74) is 4.49. The number of hydrogen-bond donors (Lipinski definition) is 1. The molecule has 1 heterocycles. The van der Waals surface area contributed by atoms with Crippen LogP contribution in [0.3, 0.4) is 0 Å². The van der Waals surface area contributed by atoms with Gasteiger partial charge in [0.25, 0.3) is 0 Å². The largest absolute Gasteiger partial charge is 0.508 e. The van der Waals surface area contributed by atoms with Crippen LogP contribution in [0.25, 0.3) is 0 Å². The van der Waals surface area contributed by atoms with E-state index in [9.17, 15) is 5.11 Å². The highest BCUT2D eigenvalue weighted by Crippen LogP contribution is 2.58. The first-order valence-electron chi connectivity index (χ1n) is 11.3. The average Bonchev–Trinajstić information content (AvgIpc) is 3.05. The highest BCUT2D eigenvalue weighted by atomic mass is 16.5. The summed E-state index contributed by atoms with van der Waals surface area (Å²) in [4.78, 5) is 2.25. The number of aromatic nitrogens is 2. The Morgan fingerprint density at radius 1 is 1.10 bits per heavy atom. The highest BCUT2D eigenvalue weighted by Gasteiger charge is 2.53. The lowest BCUT2D eigenvalue weighted by Gasteiger charge is -2.52. The number of phenols is 1. The zero-order valence-electron chi connectivity index (χ0n) is 19.9. The van der Waals surface area contributed by atoms with E-state index >= 15 is 0 Å². The Labute approximate surface area is 182 Å². The van der Waals surface area contributed by atoms with Crippen molar-refractivity contribution < 1.29 is 9.84 Å². The van der Waals surface area contributed by atoms with Gasteiger partial charge >= 0.3 is 0 Å². The van der Waals surface area contributed by atoms with E-state index < -0.39 is 0 Å². The van der Waals surface area contributed by atoms with E-state index in [-0.39, 0.29) is 23.4 Å². The van der Waals surface area contributed by atoms with E-state index in [1.165, 1.54) is 5.56 Å². The number of aryl methyl sites for hydroxylation is 1. The summed E-state index contributed by atoms with van der Waals surface area (Å²) in [7, 11) is 3.79. The van der Waals surface area contributed by atoms with Gasteiger partial charge in [-0.25, -0.2) is 0 Å². The maximum absolute atomic E-state index is 10.9. The minimum Gasteiger partial charge on any atom is -0.508 e. The fourth-order valence-electron chi connectivity index (χ4n) is 5.34. The van der Waals surface area contributed by atoms with Crippen LogP contribution in [0.15, 0.2) is 24.4 Å². The summed E-state index contributed by atoms with van der Waals surface area (Å²) >= 11 is 0. The number of phenolic OH excluding ortho intramolecular Hbond substituents is 1. The van der Waals surface area contributed by atoms with E-state index in [1.54, 1.807) is 7.11 Å². The number of hydrogen-bond acceptors (Lipinski definition) is 4. The molecule has 30 heavy (non-hydrogen) atoms. The number of benzene rings is 1. The van der Waals surface area contributed by atoms with E-state index in [0.29, 0.717) is 11.7 Å². The van der Waals surface area contributed by atoms with Gasteiger partial charge in [-0.2, -0.15) is 5.10 Å². The Bertz CT molecular complexity index is 852. The van der Waals surface area contributed by atoms with Crippen LogP contribution in [0.4, 0.5) is 5.69 Å². The smallest absolute Gasteiger partial charge is 0.121 e. The van der Waals surface area contributed by atoms with Crippen molar-refractivity contribution in [2.75, 3.05) is 25.1 Å². The van der Waals surface area contributed by atoms with Gasteiger partial charge in [-0.1, -0.05) is 40.2 Å². The summed E-state index contributed by atoms with van der Waals surface area (Å²) in [6.45, 7) is 15.0. The molecule has 5 heteroatoms. The molecule has 4 atom stereocenters. The van der Waals surface area contributed by atoms with Crippen LogP contribution in [-0.4, -0.2) is 41.2 Å². The van der Waals surface area contributed by atoms with E-state index in [0.717, 1.165) is 36.5 Å². The second-order valence-corrected chi connectivity index (χ2v) is 9.60. The number of ether oxygens (including phenoxy) is 1. The van der Waals surface area contributed by atoms with Crippen molar-refractivity contribution in [1.82, 2.24) is 9.78 Å². The van der Waals surface area contributed by atoms with Crippen LogP contribution in [0, 0.1) is 5.92 Å². The van der Waals surface area contributed by atoms with Crippen LogP contribution in [0.5, 0.6) is 5.75 Å². The molecule has 3 rings (SSSR count). The first-order chi connectivity index (χ1) is 14.2. The topological polar surface area (TPSA) is 50.5 Å². The van der Waals surface area contributed by atoms with Crippen LogP contribution in [0.1, 0.15) is 76.6 Å². The minimum atomic E-state index is -0.0220. The molecule has 5 nitrogen and oxygen atoms in total. The standard InChI is InChI=1S/C25H39N3O2/c1-9-17-21(18-13-12-16(14-20(18)29)28(10-2)11-3)23(30-8)22(17)19-15-27(7)26-24(19)25(4,5)6/h12-15,17,21-23,29H,9-11H2,1-8H3. The lowest BCUT2D eigenvalue weighted by Crippen LogP contribution is -2.49. The summed E-state index contributed by atoms with van der Waals surface area (Å²) in [5.74, 6) is 1.26. The first kappa shape index (κ1) is 22.7. The van der Waals surface area contributed by atoms with Gasteiger partial charge in [-0.15, -0.1) is 0 Å². The molecule has 1 aromatic heterocycles. The minimum absolute atomic E-state index is 0.0220. The van der Waals surface area contributed by atoms with Crippen LogP contribution < -0.4 is 4.90 Å². The van der Waals surface area contributed by atoms with Gasteiger partial charge in [0.1, 0.15) is 5.75 Å². The second kappa shape index (κ2) is 8.62. The molecule has 0 aliphatic heterocycles. The van der Waals surface area contributed by atoms with Gasteiger partial charge in [0.15, 0.2) is 0 Å². The van der Waals surface area contributed by atoms with Crippen LogP contribution in [-0.2, 0) is 17.2 Å². The predicted molar refractivity (Wildman–Crippen MR) is 124 cm³/mol. The lowest BCUT2D eigenvalue weighted by molar-refractivity contribution is -0.0531. The molecule has 1 fully saturated rings. The third-order valence-electron chi connectivity index (χ3n) is 6.80. The zero-order chi connectivity index (χ0) is 22.2. The van der Waals surface area contributed by atoms with Crippen molar-refractivity contribution in [1.29, 1.82) is 0 Å². The molecule has 4 unspecified atom stereocenters. The summed E-state index contributed by atoms with van der Waals surface area (Å²) in [5, 5.41) is 15.7. The van der Waals surface area contributed by atoms with Crippen molar-refractivity contribution in [3.8, 4) is 5.75 Å². The van der Waals surface area contributed by atoms with Gasteiger partial charge in [0, 0.05) is 68.0 Å². The highest BCUT2D eigenvalue weighted by molar-refractivity contribution is 5.55. The Balaban J connectivity index is 1.98. The molecule has 1 saturated carbocycles. The Morgan fingerprint density at radius 2 is 1.73 bits per heavy atom.